The van der Waals surface area contributed by atoms with Gasteiger partial charge in [0.25, 0.3) is 0 Å². The Morgan fingerprint density at radius 2 is 1.64 bits per heavy atom. The van der Waals surface area contributed by atoms with E-state index in [-0.39, 0.29) is 25.5 Å². The highest BCUT2D eigenvalue weighted by Crippen LogP contribution is 2.44. The molecule has 174 valence electrons. The summed E-state index contributed by atoms with van der Waals surface area (Å²) in [5.41, 5.74) is 4.41. The number of hydrogen-bond acceptors (Lipinski definition) is 5. The third-order valence-corrected chi connectivity index (χ3v) is 5.61. The van der Waals surface area contributed by atoms with Crippen LogP contribution >= 0.6 is 0 Å². The summed E-state index contributed by atoms with van der Waals surface area (Å²) in [6.07, 6.45) is 0.00726. The zero-order valence-corrected chi connectivity index (χ0v) is 18.2. The highest BCUT2D eigenvalue weighted by atomic mass is 16.5. The van der Waals surface area contributed by atoms with Crippen molar-refractivity contribution >= 4 is 18.0 Å². The monoisotopic (exact) mass is 452 g/mol. The topological polar surface area (TPSA) is 125 Å². The first-order chi connectivity index (χ1) is 15.9. The first-order valence-corrected chi connectivity index (χ1v) is 10.8. The van der Waals surface area contributed by atoms with Crippen LogP contribution in [0.15, 0.2) is 61.2 Å². The van der Waals surface area contributed by atoms with Gasteiger partial charge in [0.1, 0.15) is 12.6 Å². The Hall–Kier alpha value is -3.65. The van der Waals surface area contributed by atoms with Crippen LogP contribution in [0.2, 0.25) is 0 Å². The number of amides is 2. The van der Waals surface area contributed by atoms with Gasteiger partial charge in [-0.1, -0.05) is 54.6 Å². The molecule has 0 saturated heterocycles. The van der Waals surface area contributed by atoms with Crippen molar-refractivity contribution in [2.45, 2.75) is 37.3 Å². The molecular weight excluding hydrogens is 424 g/mol. The molecule has 0 aromatic heterocycles. The molecule has 2 amide bonds. The molecule has 0 saturated carbocycles. The molecule has 33 heavy (non-hydrogen) atoms. The zero-order valence-electron chi connectivity index (χ0n) is 18.2. The lowest BCUT2D eigenvalue weighted by atomic mass is 9.98. The Morgan fingerprint density at radius 1 is 1.03 bits per heavy atom. The Labute approximate surface area is 192 Å². The Morgan fingerprint density at radius 3 is 2.21 bits per heavy atom. The van der Waals surface area contributed by atoms with Gasteiger partial charge < -0.3 is 25.6 Å². The van der Waals surface area contributed by atoms with E-state index in [1.54, 1.807) is 6.08 Å². The third-order valence-electron chi connectivity index (χ3n) is 5.61. The van der Waals surface area contributed by atoms with E-state index in [9.17, 15) is 19.5 Å². The van der Waals surface area contributed by atoms with Crippen molar-refractivity contribution in [1.29, 1.82) is 0 Å². The molecule has 0 bridgehead atoms. The second-order valence-corrected chi connectivity index (χ2v) is 7.82. The van der Waals surface area contributed by atoms with E-state index in [4.69, 9.17) is 9.84 Å². The van der Waals surface area contributed by atoms with Crippen molar-refractivity contribution in [1.82, 2.24) is 10.6 Å². The zero-order chi connectivity index (χ0) is 23.8. The van der Waals surface area contributed by atoms with Gasteiger partial charge in [-0.3, -0.25) is 4.79 Å². The molecule has 8 nitrogen and oxygen atoms in total. The van der Waals surface area contributed by atoms with Crippen molar-refractivity contribution in [2.75, 3.05) is 13.2 Å². The van der Waals surface area contributed by atoms with Crippen LogP contribution in [0.3, 0.4) is 0 Å². The molecule has 2 aromatic carbocycles. The predicted molar refractivity (Wildman–Crippen MR) is 123 cm³/mol. The van der Waals surface area contributed by atoms with E-state index >= 15 is 0 Å². The minimum atomic E-state index is -1.56. The molecule has 0 radical (unpaired) electrons. The van der Waals surface area contributed by atoms with Gasteiger partial charge in [0, 0.05) is 18.9 Å². The Kier molecular flexibility index (Phi) is 8.21. The molecule has 2 aromatic rings. The number of fused-ring (bicyclic) bond motifs is 3. The van der Waals surface area contributed by atoms with E-state index in [1.807, 2.05) is 48.5 Å². The molecule has 0 fully saturated rings. The van der Waals surface area contributed by atoms with Crippen LogP contribution in [0.4, 0.5) is 4.79 Å². The van der Waals surface area contributed by atoms with Crippen molar-refractivity contribution in [2.24, 2.45) is 0 Å². The average molecular weight is 453 g/mol. The second kappa shape index (κ2) is 11.3. The van der Waals surface area contributed by atoms with Crippen molar-refractivity contribution in [3.8, 4) is 11.1 Å². The first kappa shape index (κ1) is 24.0. The summed E-state index contributed by atoms with van der Waals surface area (Å²) in [5.74, 6) is -1.94. The standard InChI is InChI=1S/C25H28N2O6/c1-2-3-12-21(23(29)26-14-13-22(28)24(30)31)27-25(32)33-15-20-18-10-6-4-8-16(18)17-9-5-7-11-19(17)20/h2,4-11,20-22,28H,1,3,12-15H2,(H,26,29)(H,27,32)(H,30,31). The van der Waals surface area contributed by atoms with Gasteiger partial charge in [0.15, 0.2) is 6.10 Å². The normalized spacial score (nSPS) is 13.8. The van der Waals surface area contributed by atoms with E-state index in [2.05, 4.69) is 17.2 Å². The van der Waals surface area contributed by atoms with Crippen LogP contribution in [0.5, 0.6) is 0 Å². The minimum absolute atomic E-state index is 0.0384. The first-order valence-electron chi connectivity index (χ1n) is 10.8. The van der Waals surface area contributed by atoms with Gasteiger partial charge >= 0.3 is 12.1 Å². The maximum absolute atomic E-state index is 12.5. The van der Waals surface area contributed by atoms with Crippen LogP contribution in [0.1, 0.15) is 36.3 Å². The van der Waals surface area contributed by atoms with Gasteiger partial charge in [-0.25, -0.2) is 9.59 Å². The maximum Gasteiger partial charge on any atom is 0.407 e. The summed E-state index contributed by atoms with van der Waals surface area (Å²) in [6, 6.07) is 15.1. The smallest absolute Gasteiger partial charge is 0.407 e. The average Bonchev–Trinajstić information content (AvgIpc) is 3.13. The lowest BCUT2D eigenvalue weighted by molar-refractivity contribution is -0.147. The number of benzene rings is 2. The molecule has 0 spiro atoms. The molecule has 2 atom stereocenters. The highest BCUT2D eigenvalue weighted by molar-refractivity contribution is 5.85. The van der Waals surface area contributed by atoms with Crippen LogP contribution < -0.4 is 10.6 Å². The molecule has 8 heteroatoms. The molecular formula is C25H28N2O6. The fraction of sp³-hybridized carbons (Fsp3) is 0.320. The number of allylic oxidation sites excluding steroid dienone is 1. The van der Waals surface area contributed by atoms with E-state index < -0.39 is 30.1 Å². The number of hydrogen-bond donors (Lipinski definition) is 4. The molecule has 4 N–H and O–H groups in total. The number of carboxylic acids is 1. The van der Waals surface area contributed by atoms with Gasteiger partial charge in [-0.2, -0.15) is 0 Å². The van der Waals surface area contributed by atoms with E-state index in [0.717, 1.165) is 22.3 Å². The van der Waals surface area contributed by atoms with Crippen LogP contribution in [-0.4, -0.2) is 53.5 Å². The second-order valence-electron chi connectivity index (χ2n) is 7.82. The lowest BCUT2D eigenvalue weighted by Gasteiger charge is -2.19. The summed E-state index contributed by atoms with van der Waals surface area (Å²) >= 11 is 0. The fourth-order valence-electron chi connectivity index (χ4n) is 3.91. The molecule has 1 aliphatic rings. The molecule has 1 aliphatic carbocycles. The predicted octanol–water partition coefficient (Wildman–Crippen LogP) is 2.81. The highest BCUT2D eigenvalue weighted by Gasteiger charge is 2.29. The van der Waals surface area contributed by atoms with Gasteiger partial charge in [0.2, 0.25) is 5.91 Å². The van der Waals surface area contributed by atoms with E-state index in [1.165, 1.54) is 0 Å². The van der Waals surface area contributed by atoms with Crippen molar-refractivity contribution < 1.29 is 29.3 Å². The number of carbonyl (C=O) groups is 3. The van der Waals surface area contributed by atoms with Gasteiger partial charge in [-0.05, 0) is 35.1 Å². The van der Waals surface area contributed by atoms with Crippen LogP contribution in [-0.2, 0) is 14.3 Å². The number of ether oxygens (including phenoxy) is 1. The molecule has 0 heterocycles. The number of aliphatic carboxylic acids is 1. The third kappa shape index (κ3) is 5.98. The Bertz CT molecular complexity index is 976. The molecule has 0 aliphatic heterocycles. The number of aliphatic hydroxyl groups is 1. The quantitative estimate of drug-likeness (QED) is 0.389. The minimum Gasteiger partial charge on any atom is -0.479 e. The van der Waals surface area contributed by atoms with Gasteiger partial charge in [0.05, 0.1) is 0 Å². The largest absolute Gasteiger partial charge is 0.479 e. The lowest BCUT2D eigenvalue weighted by Crippen LogP contribution is -2.47. The number of rotatable bonds is 11. The summed E-state index contributed by atoms with van der Waals surface area (Å²) in [6.45, 7) is 3.72. The number of alkyl carbamates (subject to hydrolysis) is 1. The summed E-state index contributed by atoms with van der Waals surface area (Å²) < 4.78 is 5.50. The van der Waals surface area contributed by atoms with Crippen molar-refractivity contribution in [3.05, 3.63) is 72.3 Å². The fourth-order valence-corrected chi connectivity index (χ4v) is 3.91. The summed E-state index contributed by atoms with van der Waals surface area (Å²) in [7, 11) is 0. The number of nitrogens with one attached hydrogen (secondary N) is 2. The Balaban J connectivity index is 1.59. The SMILES string of the molecule is C=CCCC(NC(=O)OCC1c2ccccc2-c2ccccc21)C(=O)NCCC(O)C(=O)O. The van der Waals surface area contributed by atoms with Gasteiger partial charge in [-0.15, -0.1) is 6.58 Å². The van der Waals surface area contributed by atoms with Crippen LogP contribution in [0, 0.1) is 0 Å². The van der Waals surface area contributed by atoms with Crippen molar-refractivity contribution in [3.63, 3.8) is 0 Å². The van der Waals surface area contributed by atoms with Crippen LogP contribution in [0.25, 0.3) is 11.1 Å². The molecule has 3 rings (SSSR count). The number of aliphatic hydroxyl groups excluding tert-OH is 1. The summed E-state index contributed by atoms with van der Waals surface area (Å²) in [4.78, 5) is 35.7. The summed E-state index contributed by atoms with van der Waals surface area (Å²) in [5, 5.41) is 23.2. The maximum atomic E-state index is 12.5. The number of carbonyl (C=O) groups excluding carboxylic acids is 2. The van der Waals surface area contributed by atoms with E-state index in [0.29, 0.717) is 12.8 Å². The molecule has 2 unspecified atom stereocenters. The number of carboxylic acid groups (broad SMARTS) is 1.